The van der Waals surface area contributed by atoms with Crippen molar-refractivity contribution in [2.75, 3.05) is 39.7 Å². The van der Waals surface area contributed by atoms with Gasteiger partial charge in [0, 0.05) is 43.0 Å². The molecule has 0 radical (unpaired) electrons. The van der Waals surface area contributed by atoms with Crippen LogP contribution >= 0.6 is 11.8 Å². The Hall–Kier alpha value is -1.25. The van der Waals surface area contributed by atoms with Crippen LogP contribution in [0, 0.1) is 17.8 Å². The third kappa shape index (κ3) is 4.30. The second kappa shape index (κ2) is 8.12. The van der Waals surface area contributed by atoms with Gasteiger partial charge in [-0.25, -0.2) is 0 Å². The van der Waals surface area contributed by atoms with Crippen molar-refractivity contribution in [3.63, 3.8) is 0 Å². The van der Waals surface area contributed by atoms with E-state index in [0.29, 0.717) is 24.2 Å². The van der Waals surface area contributed by atoms with E-state index >= 15 is 0 Å². The lowest BCUT2D eigenvalue weighted by molar-refractivity contribution is -0.137. The van der Waals surface area contributed by atoms with Crippen molar-refractivity contribution in [1.82, 2.24) is 4.90 Å². The van der Waals surface area contributed by atoms with E-state index in [1.54, 1.807) is 6.26 Å². The number of piperidine rings is 1. The Morgan fingerprint density at radius 1 is 1.31 bits per heavy atom. The van der Waals surface area contributed by atoms with Crippen LogP contribution in [-0.4, -0.2) is 56.4 Å². The van der Waals surface area contributed by atoms with E-state index in [1.807, 2.05) is 0 Å². The van der Waals surface area contributed by atoms with Gasteiger partial charge in [0.15, 0.2) is 5.78 Å². The first-order valence-electron chi connectivity index (χ1n) is 10.00. The Bertz CT molecular complexity index is 750. The van der Waals surface area contributed by atoms with E-state index in [0.717, 1.165) is 55.2 Å². The predicted octanol–water partition coefficient (Wildman–Crippen LogP) is 4.37. The topological polar surface area (TPSA) is 38.8 Å². The minimum Gasteiger partial charge on any atom is -0.496 e. The summed E-state index contributed by atoms with van der Waals surface area (Å²) in [6, 6.07) is 2.28. The number of ether oxygens (including phenoxy) is 2. The van der Waals surface area contributed by atoms with Gasteiger partial charge in [0.25, 0.3) is 0 Å². The smallest absolute Gasteiger partial charge is 0.416 e. The van der Waals surface area contributed by atoms with E-state index in [4.69, 9.17) is 9.47 Å². The molecule has 1 aromatic carbocycles. The summed E-state index contributed by atoms with van der Waals surface area (Å²) in [7, 11) is 1.30. The van der Waals surface area contributed by atoms with E-state index in [9.17, 15) is 18.0 Å². The quantitative estimate of drug-likeness (QED) is 0.496. The molecule has 1 aliphatic carbocycles. The molecule has 2 aliphatic heterocycles. The number of hydrogen-bond donors (Lipinski definition) is 0. The van der Waals surface area contributed by atoms with Gasteiger partial charge in [-0.05, 0) is 43.1 Å². The number of ketones is 1. The number of nitrogens with zero attached hydrogens (tertiary/aromatic N) is 1. The number of alkyl halides is 3. The lowest BCUT2D eigenvalue weighted by atomic mass is 9.87. The van der Waals surface area contributed by atoms with Crippen LogP contribution in [-0.2, 0) is 10.9 Å². The van der Waals surface area contributed by atoms with Crippen LogP contribution in [0.25, 0.3) is 0 Å². The number of Topliss-reactive ketones (excluding diaryl/α,β-unsaturated/α-hetero) is 1. The summed E-state index contributed by atoms with van der Waals surface area (Å²) in [4.78, 5) is 16.0. The molecule has 4 rings (SSSR count). The molecule has 3 aliphatic rings. The standard InChI is InChI=1S/C21H26F3NO3S/c1-27-18-7-15(21(22,23)24)8-19(29-2)20(18)17(26)6-14-11-28-4-3-16(14)25-9-12-5-13(12)10-25/h7-8,12-14,16H,3-6,9-11H2,1-2H3/t12-,13+,14-,16-/m1/s1. The largest absolute Gasteiger partial charge is 0.496 e. The van der Waals surface area contributed by atoms with Crippen molar-refractivity contribution in [3.8, 4) is 5.75 Å². The van der Waals surface area contributed by atoms with Crippen molar-refractivity contribution in [2.45, 2.75) is 36.4 Å². The van der Waals surface area contributed by atoms with Gasteiger partial charge >= 0.3 is 6.18 Å². The molecular weight excluding hydrogens is 403 g/mol. The van der Waals surface area contributed by atoms with Crippen molar-refractivity contribution < 1.29 is 27.4 Å². The van der Waals surface area contributed by atoms with Gasteiger partial charge in [0.2, 0.25) is 0 Å². The number of fused-ring (bicyclic) bond motifs is 1. The number of methoxy groups -OCH3 is 1. The molecule has 160 valence electrons. The highest BCUT2D eigenvalue weighted by atomic mass is 32.2. The molecule has 29 heavy (non-hydrogen) atoms. The molecule has 0 amide bonds. The Morgan fingerprint density at radius 3 is 2.66 bits per heavy atom. The second-order valence-electron chi connectivity index (χ2n) is 8.28. The predicted molar refractivity (Wildman–Crippen MR) is 105 cm³/mol. The number of hydrogen-bond acceptors (Lipinski definition) is 5. The zero-order valence-electron chi connectivity index (χ0n) is 16.6. The van der Waals surface area contributed by atoms with Gasteiger partial charge in [0.05, 0.1) is 24.8 Å². The summed E-state index contributed by atoms with van der Waals surface area (Å²) in [5, 5.41) is 0. The lowest BCUT2D eigenvalue weighted by Crippen LogP contribution is -2.46. The molecule has 3 fully saturated rings. The number of carbonyl (C=O) groups excluding carboxylic acids is 1. The third-order valence-corrected chi connectivity index (χ3v) is 7.23. The monoisotopic (exact) mass is 429 g/mol. The van der Waals surface area contributed by atoms with Gasteiger partial charge in [-0.2, -0.15) is 13.2 Å². The molecule has 4 atom stereocenters. The molecule has 1 saturated carbocycles. The minimum atomic E-state index is -4.49. The highest BCUT2D eigenvalue weighted by Crippen LogP contribution is 2.47. The summed E-state index contributed by atoms with van der Waals surface area (Å²) < 4.78 is 50.5. The van der Waals surface area contributed by atoms with Gasteiger partial charge in [-0.1, -0.05) is 0 Å². The first-order chi connectivity index (χ1) is 13.8. The van der Waals surface area contributed by atoms with Crippen molar-refractivity contribution in [2.24, 2.45) is 17.8 Å². The SMILES string of the molecule is COc1cc(C(F)(F)F)cc(SC)c1C(=O)C[C@@H]1COCC[C@H]1N1C[C@H]2C[C@H]2C1. The highest BCUT2D eigenvalue weighted by molar-refractivity contribution is 7.98. The van der Waals surface area contributed by atoms with Crippen LogP contribution < -0.4 is 4.74 Å². The van der Waals surface area contributed by atoms with Crippen LogP contribution in [0.5, 0.6) is 5.75 Å². The maximum Gasteiger partial charge on any atom is 0.416 e. The van der Waals surface area contributed by atoms with Gasteiger partial charge < -0.3 is 9.47 Å². The first kappa shape index (κ1) is 21.0. The second-order valence-corrected chi connectivity index (χ2v) is 9.13. The van der Waals surface area contributed by atoms with Crippen LogP contribution in [0.4, 0.5) is 13.2 Å². The van der Waals surface area contributed by atoms with E-state index in [-0.39, 0.29) is 29.4 Å². The zero-order chi connectivity index (χ0) is 20.8. The summed E-state index contributed by atoms with van der Waals surface area (Å²) in [5.41, 5.74) is -0.549. The first-order valence-corrected chi connectivity index (χ1v) is 11.2. The molecular formula is C21H26F3NO3S. The van der Waals surface area contributed by atoms with Gasteiger partial charge in [-0.3, -0.25) is 9.69 Å². The molecule has 1 aromatic rings. The van der Waals surface area contributed by atoms with Gasteiger partial charge in [-0.15, -0.1) is 11.8 Å². The van der Waals surface area contributed by atoms with E-state index in [1.165, 1.54) is 13.5 Å². The molecule has 0 bridgehead atoms. The van der Waals surface area contributed by atoms with E-state index < -0.39 is 11.7 Å². The number of thioether (sulfide) groups is 1. The average molecular weight is 430 g/mol. The maximum atomic E-state index is 13.2. The summed E-state index contributed by atoms with van der Waals surface area (Å²) in [5.74, 6) is 1.49. The number of halogens is 3. The number of carbonyl (C=O) groups is 1. The molecule has 0 unspecified atom stereocenters. The van der Waals surface area contributed by atoms with E-state index in [2.05, 4.69) is 4.90 Å². The number of rotatable bonds is 6. The summed E-state index contributed by atoms with van der Waals surface area (Å²) >= 11 is 1.14. The zero-order valence-corrected chi connectivity index (χ0v) is 17.4. The van der Waals surface area contributed by atoms with Crippen LogP contribution in [0.15, 0.2) is 17.0 Å². The molecule has 8 heteroatoms. The number of benzene rings is 1. The molecule has 0 spiro atoms. The third-order valence-electron chi connectivity index (χ3n) is 6.47. The molecule has 2 saturated heterocycles. The number of likely N-dealkylation sites (tertiary alicyclic amines) is 1. The summed E-state index contributed by atoms with van der Waals surface area (Å²) in [6.07, 6.45) is -0.334. The van der Waals surface area contributed by atoms with Crippen LogP contribution in [0.3, 0.4) is 0 Å². The van der Waals surface area contributed by atoms with Gasteiger partial charge in [0.1, 0.15) is 5.75 Å². The maximum absolute atomic E-state index is 13.2. The Labute approximate surface area is 173 Å². The van der Waals surface area contributed by atoms with Crippen molar-refractivity contribution >= 4 is 17.5 Å². The average Bonchev–Trinajstić information content (AvgIpc) is 3.31. The molecule has 2 heterocycles. The lowest BCUT2D eigenvalue weighted by Gasteiger charge is -2.38. The molecule has 0 aromatic heterocycles. The van der Waals surface area contributed by atoms with Crippen LogP contribution in [0.2, 0.25) is 0 Å². The fraction of sp³-hybridized carbons (Fsp3) is 0.667. The minimum absolute atomic E-state index is 0.00938. The molecule has 0 N–H and O–H groups in total. The fourth-order valence-electron chi connectivity index (χ4n) is 4.86. The highest BCUT2D eigenvalue weighted by Gasteiger charge is 2.48. The Morgan fingerprint density at radius 2 is 2.03 bits per heavy atom. The molecule has 4 nitrogen and oxygen atoms in total. The van der Waals surface area contributed by atoms with Crippen LogP contribution in [0.1, 0.15) is 35.2 Å². The normalized spacial score (nSPS) is 29.6. The van der Waals surface area contributed by atoms with Crippen molar-refractivity contribution in [1.29, 1.82) is 0 Å². The Kier molecular flexibility index (Phi) is 5.88. The van der Waals surface area contributed by atoms with Crippen molar-refractivity contribution in [3.05, 3.63) is 23.3 Å². The summed E-state index contributed by atoms with van der Waals surface area (Å²) in [6.45, 7) is 3.40. The Balaban J connectivity index is 1.56. The fourth-order valence-corrected chi connectivity index (χ4v) is 5.52.